The molecule has 1 amide bonds. The number of fused-ring (bicyclic) bond motifs is 1. The van der Waals surface area contributed by atoms with Crippen molar-refractivity contribution < 1.29 is 18.4 Å². The van der Waals surface area contributed by atoms with E-state index in [2.05, 4.69) is 0 Å². The molecule has 2 aromatic heterocycles. The Morgan fingerprint density at radius 2 is 1.48 bits per heavy atom. The zero-order valence-corrected chi connectivity index (χ0v) is 14.7. The molecule has 0 bridgehead atoms. The fourth-order valence-electron chi connectivity index (χ4n) is 2.97. The first-order valence-electron chi connectivity index (χ1n) is 8.73. The Labute approximate surface area is 156 Å². The molecule has 5 nitrogen and oxygen atoms in total. The van der Waals surface area contributed by atoms with E-state index in [0.717, 1.165) is 10.8 Å². The maximum absolute atomic E-state index is 12.8. The van der Waals surface area contributed by atoms with E-state index in [-0.39, 0.29) is 12.5 Å². The average Bonchev–Trinajstić information content (AvgIpc) is 3.40. The summed E-state index contributed by atoms with van der Waals surface area (Å²) in [5.41, 5.74) is 0. The molecule has 0 aliphatic rings. The SMILES string of the molecule is O=C(COc1cccc2ccccc12)N(Cc1ccco1)Cc1ccco1. The van der Waals surface area contributed by atoms with Gasteiger partial charge in [0.15, 0.2) is 6.61 Å². The summed E-state index contributed by atoms with van der Waals surface area (Å²) in [4.78, 5) is 14.5. The fraction of sp³-hybridized carbons (Fsp3) is 0.136. The zero-order chi connectivity index (χ0) is 18.5. The molecule has 0 aliphatic heterocycles. The van der Waals surface area contributed by atoms with Gasteiger partial charge < -0.3 is 18.5 Å². The molecule has 27 heavy (non-hydrogen) atoms. The van der Waals surface area contributed by atoms with Gasteiger partial charge in [-0.1, -0.05) is 36.4 Å². The highest BCUT2D eigenvalue weighted by molar-refractivity contribution is 5.88. The van der Waals surface area contributed by atoms with Crippen LogP contribution in [0.2, 0.25) is 0 Å². The van der Waals surface area contributed by atoms with Gasteiger partial charge in [0.25, 0.3) is 5.91 Å². The van der Waals surface area contributed by atoms with E-state index in [4.69, 9.17) is 13.6 Å². The normalized spacial score (nSPS) is 10.8. The number of hydrogen-bond donors (Lipinski definition) is 0. The lowest BCUT2D eigenvalue weighted by Gasteiger charge is -2.21. The van der Waals surface area contributed by atoms with Crippen LogP contribution in [0, 0.1) is 0 Å². The highest BCUT2D eigenvalue weighted by Crippen LogP contribution is 2.25. The average molecular weight is 361 g/mol. The third kappa shape index (κ3) is 4.03. The Bertz CT molecular complexity index is 964. The molecule has 4 rings (SSSR count). The first kappa shape index (κ1) is 17.0. The van der Waals surface area contributed by atoms with Crippen LogP contribution >= 0.6 is 0 Å². The van der Waals surface area contributed by atoms with E-state index in [0.29, 0.717) is 30.4 Å². The third-order valence-electron chi connectivity index (χ3n) is 4.31. The molecule has 136 valence electrons. The van der Waals surface area contributed by atoms with Crippen LogP contribution < -0.4 is 4.74 Å². The Kier molecular flexibility index (Phi) is 4.92. The van der Waals surface area contributed by atoms with Gasteiger partial charge >= 0.3 is 0 Å². The van der Waals surface area contributed by atoms with Gasteiger partial charge in [-0.25, -0.2) is 0 Å². The number of benzene rings is 2. The summed E-state index contributed by atoms with van der Waals surface area (Å²) < 4.78 is 16.6. The first-order valence-corrected chi connectivity index (χ1v) is 8.73. The maximum Gasteiger partial charge on any atom is 0.261 e. The molecular formula is C22H19NO4. The number of amides is 1. The van der Waals surface area contributed by atoms with Crippen molar-refractivity contribution in [2.75, 3.05) is 6.61 Å². The number of rotatable bonds is 7. The summed E-state index contributed by atoms with van der Waals surface area (Å²) in [6, 6.07) is 21.0. The summed E-state index contributed by atoms with van der Waals surface area (Å²) in [6.07, 6.45) is 3.19. The number of carbonyl (C=O) groups excluding carboxylic acids is 1. The summed E-state index contributed by atoms with van der Waals surface area (Å²) in [5, 5.41) is 2.06. The van der Waals surface area contributed by atoms with E-state index in [1.165, 1.54) is 0 Å². The van der Waals surface area contributed by atoms with Crippen LogP contribution in [0.1, 0.15) is 11.5 Å². The molecule has 2 aromatic carbocycles. The monoisotopic (exact) mass is 361 g/mol. The molecule has 2 heterocycles. The van der Waals surface area contributed by atoms with Crippen molar-refractivity contribution in [3.05, 3.63) is 90.8 Å². The van der Waals surface area contributed by atoms with E-state index in [1.807, 2.05) is 54.6 Å². The first-order chi connectivity index (χ1) is 13.3. The lowest BCUT2D eigenvalue weighted by atomic mass is 10.1. The Morgan fingerprint density at radius 1 is 0.815 bits per heavy atom. The number of furan rings is 2. The predicted octanol–water partition coefficient (Wildman–Crippen LogP) is 4.63. The number of hydrogen-bond acceptors (Lipinski definition) is 4. The molecular weight excluding hydrogens is 342 g/mol. The molecule has 4 aromatic rings. The highest BCUT2D eigenvalue weighted by Gasteiger charge is 2.18. The van der Waals surface area contributed by atoms with Gasteiger partial charge in [-0.05, 0) is 35.7 Å². The summed E-state index contributed by atoms with van der Waals surface area (Å²) in [5.74, 6) is 1.97. The third-order valence-corrected chi connectivity index (χ3v) is 4.31. The molecule has 0 spiro atoms. The van der Waals surface area contributed by atoms with Gasteiger partial charge in [0.05, 0.1) is 25.6 Å². The second kappa shape index (κ2) is 7.83. The smallest absolute Gasteiger partial charge is 0.261 e. The highest BCUT2D eigenvalue weighted by atomic mass is 16.5. The van der Waals surface area contributed by atoms with Gasteiger partial charge in [0.2, 0.25) is 0 Å². The summed E-state index contributed by atoms with van der Waals surface area (Å²) in [7, 11) is 0. The summed E-state index contributed by atoms with van der Waals surface area (Å²) >= 11 is 0. The lowest BCUT2D eigenvalue weighted by Crippen LogP contribution is -2.33. The molecule has 0 atom stereocenters. The van der Waals surface area contributed by atoms with Crippen LogP contribution in [0.15, 0.2) is 88.1 Å². The van der Waals surface area contributed by atoms with Crippen LogP contribution in [-0.2, 0) is 17.9 Å². The minimum absolute atomic E-state index is 0.0601. The van der Waals surface area contributed by atoms with Crippen LogP contribution in [-0.4, -0.2) is 17.4 Å². The van der Waals surface area contributed by atoms with Crippen molar-refractivity contribution in [2.45, 2.75) is 13.1 Å². The number of ether oxygens (including phenoxy) is 1. The van der Waals surface area contributed by atoms with Crippen molar-refractivity contribution in [1.82, 2.24) is 4.90 Å². The zero-order valence-electron chi connectivity index (χ0n) is 14.7. The van der Waals surface area contributed by atoms with Crippen LogP contribution in [0.3, 0.4) is 0 Å². The Hall–Kier alpha value is -3.47. The van der Waals surface area contributed by atoms with Crippen molar-refractivity contribution in [3.8, 4) is 5.75 Å². The lowest BCUT2D eigenvalue weighted by molar-refractivity contribution is -0.135. The molecule has 0 radical (unpaired) electrons. The predicted molar refractivity (Wildman–Crippen MR) is 101 cm³/mol. The van der Waals surface area contributed by atoms with Gasteiger partial charge in [-0.2, -0.15) is 0 Å². The van der Waals surface area contributed by atoms with E-state index in [9.17, 15) is 4.79 Å². The van der Waals surface area contributed by atoms with Crippen LogP contribution in [0.25, 0.3) is 10.8 Å². The molecule has 0 saturated carbocycles. The number of carbonyl (C=O) groups is 1. The van der Waals surface area contributed by atoms with Crippen molar-refractivity contribution in [1.29, 1.82) is 0 Å². The second-order valence-corrected chi connectivity index (χ2v) is 6.17. The van der Waals surface area contributed by atoms with Crippen molar-refractivity contribution in [3.63, 3.8) is 0 Å². The number of nitrogens with zero attached hydrogens (tertiary/aromatic N) is 1. The molecule has 0 aliphatic carbocycles. The van der Waals surface area contributed by atoms with Gasteiger partial charge in [0.1, 0.15) is 17.3 Å². The molecule has 0 N–H and O–H groups in total. The van der Waals surface area contributed by atoms with Gasteiger partial charge in [-0.15, -0.1) is 0 Å². The maximum atomic E-state index is 12.8. The fourth-order valence-corrected chi connectivity index (χ4v) is 2.97. The molecule has 0 fully saturated rings. The van der Waals surface area contributed by atoms with Gasteiger partial charge in [0, 0.05) is 5.39 Å². The summed E-state index contributed by atoms with van der Waals surface area (Å²) in [6.45, 7) is 0.645. The van der Waals surface area contributed by atoms with Crippen LogP contribution in [0.4, 0.5) is 0 Å². The second-order valence-electron chi connectivity index (χ2n) is 6.17. The molecule has 0 saturated heterocycles. The van der Waals surface area contributed by atoms with Crippen LogP contribution in [0.5, 0.6) is 5.75 Å². The van der Waals surface area contributed by atoms with E-state index in [1.54, 1.807) is 29.6 Å². The Morgan fingerprint density at radius 3 is 2.15 bits per heavy atom. The quantitative estimate of drug-likeness (QED) is 0.481. The molecule has 5 heteroatoms. The van der Waals surface area contributed by atoms with E-state index >= 15 is 0 Å². The standard InChI is InChI=1S/C22H19NO4/c24-22(16-27-21-11-3-7-17-6-1-2-10-20(17)21)23(14-18-8-4-12-25-18)15-19-9-5-13-26-19/h1-13H,14-16H2. The topological polar surface area (TPSA) is 55.8 Å². The van der Waals surface area contributed by atoms with Gasteiger partial charge in [-0.3, -0.25) is 4.79 Å². The molecule has 0 unspecified atom stereocenters. The van der Waals surface area contributed by atoms with Crippen molar-refractivity contribution >= 4 is 16.7 Å². The Balaban J connectivity index is 1.49. The minimum atomic E-state index is -0.143. The largest absolute Gasteiger partial charge is 0.483 e. The van der Waals surface area contributed by atoms with E-state index < -0.39 is 0 Å². The van der Waals surface area contributed by atoms with Crippen molar-refractivity contribution in [2.24, 2.45) is 0 Å². The minimum Gasteiger partial charge on any atom is -0.483 e.